The third-order valence-corrected chi connectivity index (χ3v) is 3.51. The van der Waals surface area contributed by atoms with Gasteiger partial charge in [-0.15, -0.1) is 0 Å². The summed E-state index contributed by atoms with van der Waals surface area (Å²) in [6, 6.07) is 0.607. The van der Waals surface area contributed by atoms with E-state index in [9.17, 15) is 0 Å². The van der Waals surface area contributed by atoms with Crippen LogP contribution in [0.4, 0.5) is 0 Å². The van der Waals surface area contributed by atoms with E-state index in [-0.39, 0.29) is 5.60 Å². The predicted molar refractivity (Wildman–Crippen MR) is 76.5 cm³/mol. The van der Waals surface area contributed by atoms with Crippen molar-refractivity contribution in [2.45, 2.75) is 78.9 Å². The Bertz CT molecular complexity index is 194. The Morgan fingerprint density at radius 3 is 2.12 bits per heavy atom. The minimum atomic E-state index is 0.0210. The molecule has 1 N–H and O–H groups in total. The van der Waals surface area contributed by atoms with Crippen LogP contribution in [0.2, 0.25) is 0 Å². The van der Waals surface area contributed by atoms with Gasteiger partial charge in [-0.05, 0) is 51.5 Å². The average molecular weight is 243 g/mol. The molecule has 0 amide bonds. The average Bonchev–Trinajstić information content (AvgIpc) is 2.21. The fourth-order valence-electron chi connectivity index (χ4n) is 1.99. The van der Waals surface area contributed by atoms with E-state index in [2.05, 4.69) is 46.9 Å². The zero-order chi connectivity index (χ0) is 13.5. The summed E-state index contributed by atoms with van der Waals surface area (Å²) in [6.07, 6.45) is 4.79. The van der Waals surface area contributed by atoms with E-state index in [1.165, 1.54) is 19.3 Å². The van der Waals surface area contributed by atoms with Crippen molar-refractivity contribution in [1.29, 1.82) is 0 Å². The summed E-state index contributed by atoms with van der Waals surface area (Å²) >= 11 is 0. The first-order valence-corrected chi connectivity index (χ1v) is 7.01. The lowest BCUT2D eigenvalue weighted by molar-refractivity contribution is 0.0121. The molecule has 0 saturated carbocycles. The molecule has 0 spiro atoms. The highest BCUT2D eigenvalue weighted by molar-refractivity contribution is 4.81. The first-order valence-electron chi connectivity index (χ1n) is 7.01. The minimum Gasteiger partial charge on any atom is -0.379 e. The highest BCUT2D eigenvalue weighted by Gasteiger charge is 2.24. The molecule has 0 aromatic carbocycles. The Balaban J connectivity index is 4.09. The molecule has 0 aliphatic heterocycles. The van der Waals surface area contributed by atoms with Crippen molar-refractivity contribution in [1.82, 2.24) is 5.32 Å². The maximum absolute atomic E-state index is 5.47. The van der Waals surface area contributed by atoms with Crippen LogP contribution >= 0.6 is 0 Å². The molecule has 0 aliphatic carbocycles. The number of nitrogens with one attached hydrogen (secondary N) is 1. The van der Waals surface area contributed by atoms with Gasteiger partial charge < -0.3 is 10.1 Å². The molecule has 104 valence electrons. The fourth-order valence-corrected chi connectivity index (χ4v) is 1.99. The second kappa shape index (κ2) is 7.38. The summed E-state index contributed by atoms with van der Waals surface area (Å²) in [5.41, 5.74) is 0.361. The molecule has 0 bridgehead atoms. The highest BCUT2D eigenvalue weighted by atomic mass is 16.5. The van der Waals surface area contributed by atoms with Gasteiger partial charge in [-0.2, -0.15) is 0 Å². The Morgan fingerprint density at radius 1 is 1.12 bits per heavy atom. The van der Waals surface area contributed by atoms with E-state index in [0.29, 0.717) is 11.5 Å². The zero-order valence-electron chi connectivity index (χ0n) is 13.0. The summed E-state index contributed by atoms with van der Waals surface area (Å²) in [4.78, 5) is 0. The van der Waals surface area contributed by atoms with Crippen LogP contribution in [0.3, 0.4) is 0 Å². The SMILES string of the molecule is CCCNC(CCCC(C)(C)OC)C(C)(C)C. The van der Waals surface area contributed by atoms with Gasteiger partial charge in [0.25, 0.3) is 0 Å². The van der Waals surface area contributed by atoms with Crippen molar-refractivity contribution in [2.75, 3.05) is 13.7 Å². The molecule has 0 rings (SSSR count). The number of methoxy groups -OCH3 is 1. The molecule has 1 atom stereocenters. The second-order valence-electron chi connectivity index (χ2n) is 6.73. The van der Waals surface area contributed by atoms with Gasteiger partial charge in [-0.25, -0.2) is 0 Å². The van der Waals surface area contributed by atoms with Crippen LogP contribution < -0.4 is 5.32 Å². The lowest BCUT2D eigenvalue weighted by Crippen LogP contribution is -2.41. The van der Waals surface area contributed by atoms with Gasteiger partial charge in [0, 0.05) is 13.2 Å². The molecule has 2 nitrogen and oxygen atoms in total. The number of hydrogen-bond donors (Lipinski definition) is 1. The molecule has 0 aromatic heterocycles. The van der Waals surface area contributed by atoms with Crippen molar-refractivity contribution in [2.24, 2.45) is 5.41 Å². The monoisotopic (exact) mass is 243 g/mol. The molecular formula is C15H33NO. The summed E-state index contributed by atoms with van der Waals surface area (Å²) in [7, 11) is 1.80. The van der Waals surface area contributed by atoms with E-state index < -0.39 is 0 Å². The quantitative estimate of drug-likeness (QED) is 0.696. The molecule has 2 heteroatoms. The van der Waals surface area contributed by atoms with Crippen molar-refractivity contribution >= 4 is 0 Å². The third kappa shape index (κ3) is 7.77. The molecule has 0 radical (unpaired) electrons. The first-order chi connectivity index (χ1) is 7.73. The third-order valence-electron chi connectivity index (χ3n) is 3.51. The normalized spacial score (nSPS) is 15.0. The summed E-state index contributed by atoms with van der Waals surface area (Å²) < 4.78 is 5.47. The molecule has 0 fully saturated rings. The van der Waals surface area contributed by atoms with E-state index >= 15 is 0 Å². The first kappa shape index (κ1) is 16.9. The Hall–Kier alpha value is -0.0800. The maximum atomic E-state index is 5.47. The second-order valence-corrected chi connectivity index (χ2v) is 6.73. The van der Waals surface area contributed by atoms with Crippen molar-refractivity contribution in [3.05, 3.63) is 0 Å². The van der Waals surface area contributed by atoms with Crippen LogP contribution in [0, 0.1) is 5.41 Å². The highest BCUT2D eigenvalue weighted by Crippen LogP contribution is 2.25. The van der Waals surface area contributed by atoms with Crippen LogP contribution in [-0.4, -0.2) is 25.3 Å². The molecule has 0 aliphatic rings. The molecule has 0 aromatic rings. The van der Waals surface area contributed by atoms with Gasteiger partial charge >= 0.3 is 0 Å². The molecule has 0 heterocycles. The number of ether oxygens (including phenoxy) is 1. The maximum Gasteiger partial charge on any atom is 0.0622 e. The smallest absolute Gasteiger partial charge is 0.0622 e. The van der Waals surface area contributed by atoms with Crippen LogP contribution in [0.1, 0.15) is 67.2 Å². The van der Waals surface area contributed by atoms with Gasteiger partial charge in [0.1, 0.15) is 0 Å². The van der Waals surface area contributed by atoms with Gasteiger partial charge in [0.05, 0.1) is 5.60 Å². The van der Waals surface area contributed by atoms with Crippen LogP contribution in [0.25, 0.3) is 0 Å². The predicted octanol–water partition coefficient (Wildman–Crippen LogP) is 4.00. The summed E-state index contributed by atoms with van der Waals surface area (Å²) in [6.45, 7) is 14.6. The largest absolute Gasteiger partial charge is 0.379 e. The molecule has 17 heavy (non-hydrogen) atoms. The van der Waals surface area contributed by atoms with Crippen molar-refractivity contribution in [3.8, 4) is 0 Å². The number of rotatable bonds is 8. The minimum absolute atomic E-state index is 0.0210. The Morgan fingerprint density at radius 2 is 1.71 bits per heavy atom. The van der Waals surface area contributed by atoms with E-state index in [1.54, 1.807) is 7.11 Å². The van der Waals surface area contributed by atoms with Crippen LogP contribution in [0.5, 0.6) is 0 Å². The van der Waals surface area contributed by atoms with Crippen molar-refractivity contribution in [3.63, 3.8) is 0 Å². The summed E-state index contributed by atoms with van der Waals surface area (Å²) in [5.74, 6) is 0. The van der Waals surface area contributed by atoms with E-state index in [1.807, 2.05) is 0 Å². The van der Waals surface area contributed by atoms with Gasteiger partial charge in [-0.3, -0.25) is 0 Å². The topological polar surface area (TPSA) is 21.3 Å². The zero-order valence-corrected chi connectivity index (χ0v) is 13.0. The van der Waals surface area contributed by atoms with E-state index in [0.717, 1.165) is 13.0 Å². The van der Waals surface area contributed by atoms with Gasteiger partial charge in [0.2, 0.25) is 0 Å². The molecular weight excluding hydrogens is 210 g/mol. The molecule has 0 saturated heterocycles. The Labute approximate surface area is 109 Å². The Kier molecular flexibility index (Phi) is 7.34. The van der Waals surface area contributed by atoms with Gasteiger partial charge in [-0.1, -0.05) is 27.7 Å². The van der Waals surface area contributed by atoms with Gasteiger partial charge in [0.15, 0.2) is 0 Å². The summed E-state index contributed by atoms with van der Waals surface area (Å²) in [5, 5.41) is 3.67. The lowest BCUT2D eigenvalue weighted by atomic mass is 9.83. The van der Waals surface area contributed by atoms with Crippen LogP contribution in [-0.2, 0) is 4.74 Å². The van der Waals surface area contributed by atoms with Crippen LogP contribution in [0.15, 0.2) is 0 Å². The molecule has 1 unspecified atom stereocenters. The standard InChI is InChI=1S/C15H33NO/c1-8-12-16-13(14(2,3)4)10-9-11-15(5,6)17-7/h13,16H,8-12H2,1-7H3. The van der Waals surface area contributed by atoms with E-state index in [4.69, 9.17) is 4.74 Å². The fraction of sp³-hybridized carbons (Fsp3) is 1.00. The van der Waals surface area contributed by atoms with Crippen molar-refractivity contribution < 1.29 is 4.74 Å². The lowest BCUT2D eigenvalue weighted by Gasteiger charge is -2.33. The number of hydrogen-bond acceptors (Lipinski definition) is 2.